The Labute approximate surface area is 123 Å². The molecule has 0 bridgehead atoms. The lowest BCUT2D eigenvalue weighted by atomic mass is 10.1. The van der Waals surface area contributed by atoms with Crippen LogP contribution in [0.15, 0.2) is 0 Å². The Morgan fingerprint density at radius 2 is 2.30 bits per heavy atom. The fraction of sp³-hybridized carbons (Fsp3) is 0.769. The summed E-state index contributed by atoms with van der Waals surface area (Å²) < 4.78 is 1.88. The number of nitrogens with zero attached hydrogens (tertiary/aromatic N) is 3. The molecule has 2 rings (SSSR count). The van der Waals surface area contributed by atoms with Crippen LogP contribution in [0.5, 0.6) is 0 Å². The summed E-state index contributed by atoms with van der Waals surface area (Å²) in [6, 6.07) is 0.0916. The molecule has 20 heavy (non-hydrogen) atoms. The first-order valence-electron chi connectivity index (χ1n) is 6.95. The molecule has 1 unspecified atom stereocenters. The highest BCUT2D eigenvalue weighted by Gasteiger charge is 2.32. The fourth-order valence-electron chi connectivity index (χ4n) is 2.54. The largest absolute Gasteiger partial charge is 0.363 e. The predicted octanol–water partition coefficient (Wildman–Crippen LogP) is 3.38. The molecule has 0 saturated carbocycles. The Hall–Kier alpha value is -1.24. The lowest BCUT2D eigenvalue weighted by molar-refractivity contribution is -0.384. The van der Waals surface area contributed by atoms with E-state index in [-0.39, 0.29) is 21.4 Å². The maximum absolute atomic E-state index is 11.3. The van der Waals surface area contributed by atoms with E-state index in [4.69, 9.17) is 0 Å². The van der Waals surface area contributed by atoms with Crippen molar-refractivity contribution < 1.29 is 4.92 Å². The summed E-state index contributed by atoms with van der Waals surface area (Å²) in [6.07, 6.45) is 2.36. The monoisotopic (exact) mass is 298 g/mol. The number of nitro groups is 1. The van der Waals surface area contributed by atoms with Gasteiger partial charge in [0, 0.05) is 17.3 Å². The van der Waals surface area contributed by atoms with Gasteiger partial charge in [-0.2, -0.15) is 16.9 Å². The van der Waals surface area contributed by atoms with Gasteiger partial charge in [-0.15, -0.1) is 0 Å². The van der Waals surface area contributed by atoms with Crippen LogP contribution in [0.2, 0.25) is 0 Å². The second kappa shape index (κ2) is 5.63. The maximum atomic E-state index is 11.3. The number of aromatic nitrogens is 2. The summed E-state index contributed by atoms with van der Waals surface area (Å²) in [4.78, 5) is 10.9. The smallest absolute Gasteiger partial charge is 0.333 e. The number of anilines is 1. The Kier molecular flexibility index (Phi) is 4.27. The molecule has 0 aromatic carbocycles. The third-order valence-electron chi connectivity index (χ3n) is 3.66. The van der Waals surface area contributed by atoms with Crippen LogP contribution in [-0.2, 0) is 0 Å². The molecule has 2 heterocycles. The van der Waals surface area contributed by atoms with Crippen LogP contribution in [0.25, 0.3) is 0 Å². The van der Waals surface area contributed by atoms with Gasteiger partial charge in [0.05, 0.1) is 4.92 Å². The highest BCUT2D eigenvalue weighted by atomic mass is 32.2. The molecular weight excluding hydrogens is 276 g/mol. The van der Waals surface area contributed by atoms with E-state index in [1.807, 2.05) is 25.6 Å². The third kappa shape index (κ3) is 2.92. The van der Waals surface area contributed by atoms with Crippen LogP contribution in [0.4, 0.5) is 11.5 Å². The van der Waals surface area contributed by atoms with E-state index in [1.54, 1.807) is 11.6 Å². The van der Waals surface area contributed by atoms with Crippen LogP contribution < -0.4 is 5.32 Å². The summed E-state index contributed by atoms with van der Waals surface area (Å²) in [5, 5.41) is 18.9. The van der Waals surface area contributed by atoms with Crippen LogP contribution in [0.3, 0.4) is 0 Å². The van der Waals surface area contributed by atoms with Gasteiger partial charge in [0.2, 0.25) is 5.82 Å². The summed E-state index contributed by atoms with van der Waals surface area (Å²) >= 11 is 1.94. The van der Waals surface area contributed by atoms with E-state index < -0.39 is 0 Å². The second-order valence-corrected chi connectivity index (χ2v) is 7.52. The molecule has 0 amide bonds. The number of nitrogens with one attached hydrogen (secondary N) is 1. The van der Waals surface area contributed by atoms with Crippen molar-refractivity contribution in [3.63, 3.8) is 0 Å². The predicted molar refractivity (Wildman–Crippen MR) is 82.6 cm³/mol. The van der Waals surface area contributed by atoms with Gasteiger partial charge in [-0.3, -0.25) is 10.1 Å². The van der Waals surface area contributed by atoms with Gasteiger partial charge in [0.1, 0.15) is 5.69 Å². The Bertz CT molecular complexity index is 507. The number of aryl methyl sites for hydroxylation is 1. The van der Waals surface area contributed by atoms with E-state index in [0.717, 1.165) is 13.0 Å². The molecule has 1 aromatic heterocycles. The minimum absolute atomic E-state index is 0.0916. The standard InChI is InChI=1S/C13H22N4O2S/c1-9(2)16-12(11(17(18)19)10(3)15-16)14-8-13(4)6-5-7-20-13/h9,14H,5-8H2,1-4H3. The lowest BCUT2D eigenvalue weighted by Gasteiger charge is -2.23. The van der Waals surface area contributed by atoms with Crippen molar-refractivity contribution >= 4 is 23.3 Å². The van der Waals surface area contributed by atoms with Crippen LogP contribution in [0.1, 0.15) is 45.3 Å². The highest BCUT2D eigenvalue weighted by Crippen LogP contribution is 2.39. The minimum Gasteiger partial charge on any atom is -0.363 e. The van der Waals surface area contributed by atoms with Gasteiger partial charge in [0.15, 0.2) is 0 Å². The Morgan fingerprint density at radius 3 is 2.80 bits per heavy atom. The van der Waals surface area contributed by atoms with Gasteiger partial charge in [-0.1, -0.05) is 0 Å². The average Bonchev–Trinajstić information content (AvgIpc) is 2.91. The van der Waals surface area contributed by atoms with E-state index in [0.29, 0.717) is 11.5 Å². The summed E-state index contributed by atoms with van der Waals surface area (Å²) in [6.45, 7) is 8.60. The topological polar surface area (TPSA) is 73.0 Å². The van der Waals surface area contributed by atoms with Crippen LogP contribution in [-0.4, -0.2) is 31.7 Å². The molecule has 1 aliphatic rings. The fourth-order valence-corrected chi connectivity index (χ4v) is 3.79. The molecule has 1 saturated heterocycles. The maximum Gasteiger partial charge on any atom is 0.333 e. The molecule has 6 nitrogen and oxygen atoms in total. The van der Waals surface area contributed by atoms with Crippen LogP contribution >= 0.6 is 11.8 Å². The van der Waals surface area contributed by atoms with E-state index in [9.17, 15) is 10.1 Å². The van der Waals surface area contributed by atoms with Gasteiger partial charge >= 0.3 is 5.69 Å². The minimum atomic E-state index is -0.340. The molecule has 112 valence electrons. The molecule has 1 aliphatic heterocycles. The van der Waals surface area contributed by atoms with Gasteiger partial charge in [0.25, 0.3) is 0 Å². The molecule has 0 radical (unpaired) electrons. The zero-order chi connectivity index (χ0) is 14.9. The molecule has 1 fully saturated rings. The van der Waals surface area contributed by atoms with Crippen molar-refractivity contribution in [3.05, 3.63) is 15.8 Å². The average molecular weight is 298 g/mol. The zero-order valence-corrected chi connectivity index (χ0v) is 13.3. The van der Waals surface area contributed by atoms with Crippen molar-refractivity contribution in [1.29, 1.82) is 0 Å². The van der Waals surface area contributed by atoms with Crippen molar-refractivity contribution in [2.24, 2.45) is 0 Å². The van der Waals surface area contributed by atoms with Crippen molar-refractivity contribution in [3.8, 4) is 0 Å². The molecule has 0 aliphatic carbocycles. The van der Waals surface area contributed by atoms with E-state index in [2.05, 4.69) is 17.3 Å². The molecular formula is C13H22N4O2S. The molecule has 1 N–H and O–H groups in total. The van der Waals surface area contributed by atoms with Crippen molar-refractivity contribution in [2.45, 2.75) is 51.3 Å². The third-order valence-corrected chi connectivity index (χ3v) is 5.19. The van der Waals surface area contributed by atoms with E-state index >= 15 is 0 Å². The highest BCUT2D eigenvalue weighted by molar-refractivity contribution is 8.00. The summed E-state index contributed by atoms with van der Waals surface area (Å²) in [7, 11) is 0. The number of hydrogen-bond acceptors (Lipinski definition) is 5. The molecule has 7 heteroatoms. The number of thioether (sulfide) groups is 1. The van der Waals surface area contributed by atoms with Crippen LogP contribution in [0, 0.1) is 17.0 Å². The zero-order valence-electron chi connectivity index (χ0n) is 12.5. The first kappa shape index (κ1) is 15.2. The van der Waals surface area contributed by atoms with Crippen molar-refractivity contribution in [2.75, 3.05) is 17.6 Å². The lowest BCUT2D eigenvalue weighted by Crippen LogP contribution is -2.28. The Morgan fingerprint density at radius 1 is 1.60 bits per heavy atom. The van der Waals surface area contributed by atoms with E-state index in [1.165, 1.54) is 12.2 Å². The SMILES string of the molecule is Cc1nn(C(C)C)c(NCC2(C)CCCS2)c1[N+](=O)[O-]. The van der Waals surface area contributed by atoms with Gasteiger partial charge < -0.3 is 5.32 Å². The van der Waals surface area contributed by atoms with Gasteiger partial charge in [-0.05, 0) is 46.3 Å². The molecule has 1 aromatic rings. The number of rotatable bonds is 5. The molecule has 1 atom stereocenters. The Balaban J connectivity index is 2.26. The number of hydrogen-bond donors (Lipinski definition) is 1. The van der Waals surface area contributed by atoms with Gasteiger partial charge in [-0.25, -0.2) is 4.68 Å². The van der Waals surface area contributed by atoms with Crippen molar-refractivity contribution in [1.82, 2.24) is 9.78 Å². The first-order valence-corrected chi connectivity index (χ1v) is 7.94. The normalized spacial score (nSPS) is 22.4. The first-order chi connectivity index (χ1) is 9.34. The summed E-state index contributed by atoms with van der Waals surface area (Å²) in [5.41, 5.74) is 0.570. The molecule has 0 spiro atoms. The quantitative estimate of drug-likeness (QED) is 0.666. The second-order valence-electron chi connectivity index (χ2n) is 5.83. The summed E-state index contributed by atoms with van der Waals surface area (Å²) in [5.74, 6) is 1.71.